The third kappa shape index (κ3) is 5.72. The van der Waals surface area contributed by atoms with Crippen molar-refractivity contribution in [3.63, 3.8) is 0 Å². The van der Waals surface area contributed by atoms with Gasteiger partial charge in [-0.15, -0.1) is 0 Å². The highest BCUT2D eigenvalue weighted by molar-refractivity contribution is 7.90. The highest BCUT2D eigenvalue weighted by Gasteiger charge is 2.21. The predicted molar refractivity (Wildman–Crippen MR) is 106 cm³/mol. The van der Waals surface area contributed by atoms with E-state index in [0.717, 1.165) is 19.3 Å². The van der Waals surface area contributed by atoms with Gasteiger partial charge in [-0.25, -0.2) is 13.2 Å². The standard InChI is InChI=1S/C20H24N2O4S/c1-27(24,25)13-12-26-17-9-5-8-16(14-17)21-20(23)22-19-11-4-7-15-6-2-3-10-18(15)19/h2-3,5-6,8-10,14,19H,4,7,11-13H2,1H3,(H2,21,22,23). The Morgan fingerprint density at radius 1 is 1.19 bits per heavy atom. The molecule has 2 amide bonds. The molecule has 0 heterocycles. The minimum absolute atomic E-state index is 0.00384. The molecule has 0 aromatic heterocycles. The maximum Gasteiger partial charge on any atom is 0.319 e. The van der Waals surface area contributed by atoms with Crippen LogP contribution in [0.4, 0.5) is 10.5 Å². The quantitative estimate of drug-likeness (QED) is 0.795. The number of hydrogen-bond acceptors (Lipinski definition) is 4. The third-order valence-electron chi connectivity index (χ3n) is 4.49. The Morgan fingerprint density at radius 3 is 2.81 bits per heavy atom. The van der Waals surface area contributed by atoms with Crippen LogP contribution in [0.5, 0.6) is 5.75 Å². The summed E-state index contributed by atoms with van der Waals surface area (Å²) >= 11 is 0. The van der Waals surface area contributed by atoms with Crippen molar-refractivity contribution in [3.8, 4) is 5.75 Å². The minimum Gasteiger partial charge on any atom is -0.492 e. The first-order valence-corrected chi connectivity index (χ1v) is 11.0. The van der Waals surface area contributed by atoms with E-state index in [4.69, 9.17) is 4.74 Å². The zero-order valence-corrected chi connectivity index (χ0v) is 16.1. The molecule has 2 N–H and O–H groups in total. The molecule has 0 saturated carbocycles. The number of amides is 2. The number of rotatable bonds is 6. The summed E-state index contributed by atoms with van der Waals surface area (Å²) in [5, 5.41) is 5.85. The summed E-state index contributed by atoms with van der Waals surface area (Å²) in [6, 6.07) is 14.8. The molecule has 0 aliphatic heterocycles. The van der Waals surface area contributed by atoms with Gasteiger partial charge in [0.2, 0.25) is 0 Å². The van der Waals surface area contributed by atoms with Crippen LogP contribution in [0.15, 0.2) is 48.5 Å². The SMILES string of the molecule is CS(=O)(=O)CCOc1cccc(NC(=O)NC2CCCc3ccccc32)c1. The van der Waals surface area contributed by atoms with Gasteiger partial charge in [-0.1, -0.05) is 30.3 Å². The average molecular weight is 388 g/mol. The summed E-state index contributed by atoms with van der Waals surface area (Å²) in [6.45, 7) is 0.0767. The molecule has 0 bridgehead atoms. The summed E-state index contributed by atoms with van der Waals surface area (Å²) in [6.07, 6.45) is 4.18. The zero-order chi connectivity index (χ0) is 19.3. The van der Waals surface area contributed by atoms with E-state index in [1.165, 1.54) is 17.4 Å². The average Bonchev–Trinajstić information content (AvgIpc) is 2.61. The van der Waals surface area contributed by atoms with Crippen LogP contribution in [0.2, 0.25) is 0 Å². The molecule has 0 radical (unpaired) electrons. The van der Waals surface area contributed by atoms with Crippen LogP contribution >= 0.6 is 0 Å². The first kappa shape index (κ1) is 19.2. The number of benzene rings is 2. The first-order chi connectivity index (χ1) is 12.9. The van der Waals surface area contributed by atoms with Crippen molar-refractivity contribution in [2.45, 2.75) is 25.3 Å². The molecule has 1 unspecified atom stereocenters. The summed E-state index contributed by atoms with van der Waals surface area (Å²) < 4.78 is 27.8. The Balaban J connectivity index is 1.58. The third-order valence-corrected chi connectivity index (χ3v) is 5.40. The molecular weight excluding hydrogens is 364 g/mol. The Labute approximate surface area is 159 Å². The molecule has 0 saturated heterocycles. The van der Waals surface area contributed by atoms with E-state index in [1.807, 2.05) is 12.1 Å². The second-order valence-corrected chi connectivity index (χ2v) is 9.01. The lowest BCUT2D eigenvalue weighted by molar-refractivity contribution is 0.247. The number of hydrogen-bond donors (Lipinski definition) is 2. The van der Waals surface area contributed by atoms with Crippen LogP contribution in [0.1, 0.15) is 30.0 Å². The van der Waals surface area contributed by atoms with E-state index < -0.39 is 9.84 Å². The highest BCUT2D eigenvalue weighted by atomic mass is 32.2. The number of aryl methyl sites for hydroxylation is 1. The molecule has 2 aromatic rings. The fourth-order valence-corrected chi connectivity index (χ4v) is 3.59. The topological polar surface area (TPSA) is 84.5 Å². The number of ether oxygens (including phenoxy) is 1. The van der Waals surface area contributed by atoms with Crippen molar-refractivity contribution in [2.75, 3.05) is 23.9 Å². The van der Waals surface area contributed by atoms with Gasteiger partial charge in [-0.05, 0) is 42.5 Å². The maximum absolute atomic E-state index is 12.4. The van der Waals surface area contributed by atoms with E-state index in [1.54, 1.807) is 24.3 Å². The monoisotopic (exact) mass is 388 g/mol. The van der Waals surface area contributed by atoms with Gasteiger partial charge >= 0.3 is 6.03 Å². The van der Waals surface area contributed by atoms with E-state index in [0.29, 0.717) is 11.4 Å². The van der Waals surface area contributed by atoms with Gasteiger partial charge in [0, 0.05) is 18.0 Å². The summed E-state index contributed by atoms with van der Waals surface area (Å²) in [5.74, 6) is 0.464. The molecule has 1 atom stereocenters. The number of anilines is 1. The predicted octanol–water partition coefficient (Wildman–Crippen LogP) is 3.31. The van der Waals surface area contributed by atoms with Gasteiger partial charge in [-0.2, -0.15) is 0 Å². The van der Waals surface area contributed by atoms with E-state index in [2.05, 4.69) is 22.8 Å². The van der Waals surface area contributed by atoms with Gasteiger partial charge in [0.25, 0.3) is 0 Å². The number of nitrogens with one attached hydrogen (secondary N) is 2. The van der Waals surface area contributed by atoms with Crippen molar-refractivity contribution >= 4 is 21.6 Å². The Bertz CT molecular complexity index is 912. The van der Waals surface area contributed by atoms with Crippen LogP contribution in [0, 0.1) is 0 Å². The van der Waals surface area contributed by atoms with Gasteiger partial charge in [0.15, 0.2) is 9.84 Å². The van der Waals surface area contributed by atoms with E-state index >= 15 is 0 Å². The minimum atomic E-state index is -3.07. The largest absolute Gasteiger partial charge is 0.492 e. The Kier molecular flexibility index (Phi) is 6.01. The van der Waals surface area contributed by atoms with Crippen molar-refractivity contribution in [1.82, 2.24) is 5.32 Å². The Morgan fingerprint density at radius 2 is 2.00 bits per heavy atom. The van der Waals surface area contributed by atoms with Crippen molar-refractivity contribution in [1.29, 1.82) is 0 Å². The van der Waals surface area contributed by atoms with Gasteiger partial charge in [0.05, 0.1) is 11.8 Å². The molecule has 0 fully saturated rings. The zero-order valence-electron chi connectivity index (χ0n) is 15.3. The first-order valence-electron chi connectivity index (χ1n) is 8.97. The summed E-state index contributed by atoms with van der Waals surface area (Å²) in [4.78, 5) is 12.4. The molecule has 3 rings (SSSR count). The molecule has 1 aliphatic carbocycles. The summed E-state index contributed by atoms with van der Waals surface area (Å²) in [7, 11) is -3.07. The number of carbonyl (C=O) groups excluding carboxylic acids is 1. The van der Waals surface area contributed by atoms with Crippen LogP contribution in [0.25, 0.3) is 0 Å². The molecule has 144 valence electrons. The molecule has 1 aliphatic rings. The maximum atomic E-state index is 12.4. The van der Waals surface area contributed by atoms with Crippen LogP contribution in [-0.4, -0.2) is 33.1 Å². The number of carbonyl (C=O) groups is 1. The van der Waals surface area contributed by atoms with Crippen LogP contribution in [0.3, 0.4) is 0 Å². The molecule has 0 spiro atoms. The van der Waals surface area contributed by atoms with E-state index in [-0.39, 0.29) is 24.4 Å². The van der Waals surface area contributed by atoms with Gasteiger partial charge in [-0.3, -0.25) is 0 Å². The molecule has 6 nitrogen and oxygen atoms in total. The second-order valence-electron chi connectivity index (χ2n) is 6.75. The van der Waals surface area contributed by atoms with Crippen LogP contribution < -0.4 is 15.4 Å². The van der Waals surface area contributed by atoms with Crippen molar-refractivity contribution < 1.29 is 17.9 Å². The lowest BCUT2D eigenvalue weighted by Gasteiger charge is -2.26. The number of fused-ring (bicyclic) bond motifs is 1. The van der Waals surface area contributed by atoms with E-state index in [9.17, 15) is 13.2 Å². The smallest absolute Gasteiger partial charge is 0.319 e. The lowest BCUT2D eigenvalue weighted by Crippen LogP contribution is -2.34. The molecule has 27 heavy (non-hydrogen) atoms. The fraction of sp³-hybridized carbons (Fsp3) is 0.350. The fourth-order valence-electron chi connectivity index (χ4n) is 3.20. The number of urea groups is 1. The summed E-state index contributed by atoms with van der Waals surface area (Å²) in [5.41, 5.74) is 3.06. The molecular formula is C20H24N2O4S. The second kappa shape index (κ2) is 8.43. The highest BCUT2D eigenvalue weighted by Crippen LogP contribution is 2.29. The molecule has 7 heteroatoms. The van der Waals surface area contributed by atoms with Gasteiger partial charge in [0.1, 0.15) is 12.4 Å². The normalized spacial score (nSPS) is 16.3. The Hall–Kier alpha value is -2.54. The van der Waals surface area contributed by atoms with Gasteiger partial charge < -0.3 is 15.4 Å². The van der Waals surface area contributed by atoms with Crippen molar-refractivity contribution in [2.24, 2.45) is 0 Å². The van der Waals surface area contributed by atoms with Crippen LogP contribution in [-0.2, 0) is 16.3 Å². The lowest BCUT2D eigenvalue weighted by atomic mass is 9.88. The molecule has 2 aromatic carbocycles. The van der Waals surface area contributed by atoms with Crippen molar-refractivity contribution in [3.05, 3.63) is 59.7 Å². The number of sulfone groups is 1.